The zero-order valence-electron chi connectivity index (χ0n) is 11.7. The van der Waals surface area contributed by atoms with Gasteiger partial charge in [-0.15, -0.1) is 33.2 Å². The van der Waals surface area contributed by atoms with E-state index in [1.54, 1.807) is 0 Å². The topological polar surface area (TPSA) is 0 Å². The maximum atomic E-state index is 13.2. The number of hydrogen-bond acceptors (Lipinski definition) is 0. The van der Waals surface area contributed by atoms with Crippen molar-refractivity contribution in [2.45, 2.75) is 41.1 Å². The summed E-state index contributed by atoms with van der Waals surface area (Å²) in [6.07, 6.45) is -5.01. The van der Waals surface area contributed by atoms with E-state index >= 15 is 0 Å². The summed E-state index contributed by atoms with van der Waals surface area (Å²) in [5.41, 5.74) is -6.86. The molecule has 0 N–H and O–H groups in total. The van der Waals surface area contributed by atoms with Crippen molar-refractivity contribution in [3.63, 3.8) is 0 Å². The highest BCUT2D eigenvalue weighted by Gasteiger charge is 2.95. The summed E-state index contributed by atoms with van der Waals surface area (Å²) in [6.45, 7) is 0. The van der Waals surface area contributed by atoms with Gasteiger partial charge >= 0.3 is 53.5 Å². The van der Waals surface area contributed by atoms with Crippen LogP contribution in [-0.4, -0.2) is 47.1 Å². The van der Waals surface area contributed by atoms with Crippen molar-refractivity contribution in [2.24, 2.45) is 0 Å². The van der Waals surface area contributed by atoms with Gasteiger partial charge < -0.3 is 0 Å². The Labute approximate surface area is 157 Å². The fourth-order valence-corrected chi connectivity index (χ4v) is 2.86. The Kier molecular flexibility index (Phi) is 6.99. The molecule has 0 saturated carbocycles. The SMILES string of the molecule is F[C](F)C(F)(F)C(F)(F)C(F)(F)C(F)(F)C(F)(F)C(F)(F)C(F)(F)[Si](Cl)(Cl)Cl. The van der Waals surface area contributed by atoms with Crippen LogP contribution in [0.2, 0.25) is 0 Å². The van der Waals surface area contributed by atoms with Crippen LogP contribution in [-0.2, 0) is 0 Å². The quantitative estimate of drug-likeness (QED) is 0.178. The van der Waals surface area contributed by atoms with Gasteiger partial charge in [-0.05, 0) is 0 Å². The minimum Gasteiger partial charge on any atom is -0.200 e. The van der Waals surface area contributed by atoms with Gasteiger partial charge in [0.05, 0.1) is 0 Å². The molecule has 0 fully saturated rings. The van der Waals surface area contributed by atoms with Crippen LogP contribution in [0.5, 0.6) is 0 Å². The molecule has 0 aliphatic carbocycles. The Bertz CT molecular complexity index is 581. The third-order valence-electron chi connectivity index (χ3n) is 2.96. The molecule has 0 heterocycles. The smallest absolute Gasteiger partial charge is 0.200 e. The van der Waals surface area contributed by atoms with E-state index in [1.807, 2.05) is 0 Å². The minimum absolute atomic E-state index is 4.29. The molecule has 0 aliphatic rings. The molecule has 1 radical (unpaired) electrons. The van der Waals surface area contributed by atoms with Crippen molar-refractivity contribution in [1.29, 1.82) is 0 Å². The number of rotatable bonds is 8. The van der Waals surface area contributed by atoms with Crippen LogP contribution in [0.3, 0.4) is 0 Å². The zero-order chi connectivity index (χ0) is 23.6. The average Bonchev–Trinajstić information content (AvgIpc) is 2.44. The molecule has 28 heavy (non-hydrogen) atoms. The van der Waals surface area contributed by atoms with Gasteiger partial charge in [0.2, 0.25) is 0 Å². The third-order valence-corrected chi connectivity index (χ3v) is 6.12. The molecular weight excluding hydrogens is 535 g/mol. The van der Waals surface area contributed by atoms with Crippen LogP contribution < -0.4 is 0 Å². The van der Waals surface area contributed by atoms with Gasteiger partial charge in [-0.2, -0.15) is 70.2 Å². The van der Waals surface area contributed by atoms with E-state index in [1.165, 1.54) is 0 Å². The number of alkyl halides is 14. The normalized spacial score (nSPS) is 16.7. The molecule has 0 unspecified atom stereocenters. The van der Waals surface area contributed by atoms with E-state index in [0.29, 0.717) is 0 Å². The number of hydrogen-bond donors (Lipinski definition) is 0. The van der Waals surface area contributed by atoms with Gasteiger partial charge in [-0.3, -0.25) is 0 Å². The molecule has 0 nitrogen and oxygen atoms in total. The van der Waals surface area contributed by atoms with Crippen molar-refractivity contribution < 1.29 is 70.2 Å². The van der Waals surface area contributed by atoms with Crippen LogP contribution in [0.4, 0.5) is 70.2 Å². The van der Waals surface area contributed by atoms with Gasteiger partial charge in [-0.1, -0.05) is 0 Å². The zero-order valence-corrected chi connectivity index (χ0v) is 14.9. The van der Waals surface area contributed by atoms with Crippen LogP contribution in [0, 0.1) is 6.43 Å². The highest BCUT2D eigenvalue weighted by atomic mass is 35.8. The molecule has 0 saturated heterocycles. The van der Waals surface area contributed by atoms with Crippen molar-refractivity contribution >= 4 is 39.2 Å². The molecule has 0 atom stereocenters. The standard InChI is InChI=1S/C8Cl3F16Si/c9-28(10,11)8(26,27)7(24,25)6(22,23)5(20,21)4(18,19)3(16,17)2(14,15)1(12)13. The summed E-state index contributed by atoms with van der Waals surface area (Å²) in [5.74, 6) is -48.9. The maximum Gasteiger partial charge on any atom is 0.424 e. The van der Waals surface area contributed by atoms with E-state index in [2.05, 4.69) is 33.2 Å². The first-order valence-electron chi connectivity index (χ1n) is 5.59. The van der Waals surface area contributed by atoms with E-state index in [-0.39, 0.29) is 0 Å². The largest absolute Gasteiger partial charge is 0.424 e. The predicted molar refractivity (Wildman–Crippen MR) is 63.4 cm³/mol. The lowest BCUT2D eigenvalue weighted by Crippen LogP contribution is -2.75. The molecule has 0 aromatic rings. The van der Waals surface area contributed by atoms with Crippen LogP contribution in [0.15, 0.2) is 0 Å². The Balaban J connectivity index is 6.72. The summed E-state index contributed by atoms with van der Waals surface area (Å²) in [5, 5.41) is 0. The molecule has 0 amide bonds. The van der Waals surface area contributed by atoms with Crippen molar-refractivity contribution in [2.75, 3.05) is 0 Å². The first-order valence-corrected chi connectivity index (χ1v) is 10.6. The van der Waals surface area contributed by atoms with Crippen molar-refractivity contribution in [3.8, 4) is 0 Å². The first kappa shape index (κ1) is 28.0. The van der Waals surface area contributed by atoms with Gasteiger partial charge in [0.1, 0.15) is 0 Å². The summed E-state index contributed by atoms with van der Waals surface area (Å²) >= 11 is 12.9. The molecule has 169 valence electrons. The Hall–Kier alpha value is -0.0331. The average molecular weight is 535 g/mol. The van der Waals surface area contributed by atoms with E-state index < -0.39 is 53.5 Å². The lowest BCUT2D eigenvalue weighted by molar-refractivity contribution is -0.437. The molecule has 0 bridgehead atoms. The molecule has 0 spiro atoms. The van der Waals surface area contributed by atoms with Crippen molar-refractivity contribution in [1.82, 2.24) is 0 Å². The Morgan fingerprint density at radius 2 is 0.714 bits per heavy atom. The van der Waals surface area contributed by atoms with Crippen LogP contribution in [0.25, 0.3) is 0 Å². The van der Waals surface area contributed by atoms with Crippen LogP contribution >= 0.6 is 33.2 Å². The van der Waals surface area contributed by atoms with Crippen molar-refractivity contribution in [3.05, 3.63) is 6.43 Å². The first-order chi connectivity index (χ1) is 11.7. The fourth-order valence-electron chi connectivity index (χ4n) is 1.28. The van der Waals surface area contributed by atoms with E-state index in [0.717, 1.165) is 0 Å². The second-order valence-corrected chi connectivity index (χ2v) is 13.2. The summed E-state index contributed by atoms with van der Waals surface area (Å²) in [7, 11) is 0. The van der Waals surface area contributed by atoms with Gasteiger partial charge in [0, 0.05) is 0 Å². The third kappa shape index (κ3) is 3.40. The fraction of sp³-hybridized carbons (Fsp3) is 0.875. The molecule has 20 heteroatoms. The second kappa shape index (κ2) is 7.00. The van der Waals surface area contributed by atoms with Gasteiger partial charge in [-0.25, -0.2) is 0 Å². The lowest BCUT2D eigenvalue weighted by atomic mass is 9.91. The van der Waals surface area contributed by atoms with E-state index in [4.69, 9.17) is 0 Å². The molecular formula is C8Cl3F16Si. The summed E-state index contributed by atoms with van der Waals surface area (Å²) in [6, 6.07) is -6.55. The van der Waals surface area contributed by atoms with Gasteiger partial charge in [0.15, 0.2) is 0 Å². The molecule has 0 aliphatic heterocycles. The molecule has 0 aromatic heterocycles. The predicted octanol–water partition coefficient (Wildman–Crippen LogP) is 7.06. The highest BCUT2D eigenvalue weighted by Crippen LogP contribution is 2.64. The maximum absolute atomic E-state index is 13.2. The highest BCUT2D eigenvalue weighted by molar-refractivity contribution is 7.65. The molecule has 0 aromatic carbocycles. The Morgan fingerprint density at radius 3 is 0.964 bits per heavy atom. The van der Waals surface area contributed by atoms with Crippen LogP contribution in [0.1, 0.15) is 0 Å². The van der Waals surface area contributed by atoms with Gasteiger partial charge in [0.25, 0.3) is 0 Å². The Morgan fingerprint density at radius 1 is 0.464 bits per heavy atom. The summed E-state index contributed by atoms with van der Waals surface area (Å²) in [4.78, 5) is 0. The number of halogens is 19. The summed E-state index contributed by atoms with van der Waals surface area (Å²) < 4.78 is 206. The van der Waals surface area contributed by atoms with E-state index in [9.17, 15) is 70.2 Å². The molecule has 0 rings (SSSR count). The second-order valence-electron chi connectivity index (χ2n) is 4.78. The lowest BCUT2D eigenvalue weighted by Gasteiger charge is -2.43. The minimum atomic E-state index is -8.50. The monoisotopic (exact) mass is 533 g/mol.